The molecular weight excluding hydrogens is 367 g/mol. The molecule has 0 saturated heterocycles. The Hall–Kier alpha value is -2.47. The normalized spacial score (nSPS) is 12.7. The number of hydrogen-bond donors (Lipinski definition) is 1. The topological polar surface area (TPSA) is 52.0 Å². The Morgan fingerprint density at radius 1 is 1.17 bits per heavy atom. The van der Waals surface area contributed by atoms with Crippen molar-refractivity contribution in [2.75, 3.05) is 32.3 Å². The van der Waals surface area contributed by atoms with E-state index in [0.717, 1.165) is 51.5 Å². The average molecular weight is 399 g/mol. The van der Waals surface area contributed by atoms with Gasteiger partial charge in [-0.1, -0.05) is 13.8 Å². The summed E-state index contributed by atoms with van der Waals surface area (Å²) in [6.45, 7) is 11.0. The minimum absolute atomic E-state index is 0.325. The third kappa shape index (κ3) is 4.13. The summed E-state index contributed by atoms with van der Waals surface area (Å²) in [7, 11) is 1.60. The first-order chi connectivity index (χ1) is 13.9. The van der Waals surface area contributed by atoms with Crippen molar-refractivity contribution in [3.8, 4) is 11.3 Å². The van der Waals surface area contributed by atoms with Crippen LogP contribution in [-0.2, 0) is 4.74 Å². The summed E-state index contributed by atoms with van der Waals surface area (Å²) in [6, 6.07) is 5.91. The van der Waals surface area contributed by atoms with Gasteiger partial charge in [-0.2, -0.15) is 0 Å². The molecule has 0 bridgehead atoms. The van der Waals surface area contributed by atoms with Gasteiger partial charge in [0.15, 0.2) is 0 Å². The summed E-state index contributed by atoms with van der Waals surface area (Å²) in [4.78, 5) is 9.83. The van der Waals surface area contributed by atoms with Crippen LogP contribution in [0.15, 0.2) is 24.4 Å². The summed E-state index contributed by atoms with van der Waals surface area (Å²) in [5.41, 5.74) is 6.81. The number of rotatable bonds is 8. The van der Waals surface area contributed by atoms with Gasteiger partial charge in [0.1, 0.15) is 12.5 Å². The molecule has 0 saturated carbocycles. The van der Waals surface area contributed by atoms with Crippen LogP contribution in [0.4, 0.5) is 10.2 Å². The number of aromatic nitrogens is 3. The van der Waals surface area contributed by atoms with Gasteiger partial charge < -0.3 is 14.6 Å². The minimum atomic E-state index is -0.483. The lowest BCUT2D eigenvalue weighted by atomic mass is 10.0. The summed E-state index contributed by atoms with van der Waals surface area (Å²) in [6.07, 6.45) is 1.97. The fourth-order valence-electron chi connectivity index (χ4n) is 3.68. The molecule has 0 aliphatic rings. The highest BCUT2D eigenvalue weighted by molar-refractivity contribution is 5.86. The standard InChI is InChI=1S/C23H31FN4O/c1-7-25-23-18(8-9-19(26-23)14(2)3)21-15(4)10-20-22(27-21)16(5)12-28(20)17(11-24)13-29-6/h8-10,12,14,17H,7,11,13H2,1-6H3,(H,25,26). The number of ether oxygens (including phenoxy) is 1. The Kier molecular flexibility index (Phi) is 6.52. The molecular formula is C23H31FN4O. The maximum atomic E-state index is 13.6. The Bertz CT molecular complexity index is 996. The van der Waals surface area contributed by atoms with Crippen molar-refractivity contribution in [3.05, 3.63) is 41.2 Å². The number of hydrogen-bond acceptors (Lipinski definition) is 4. The van der Waals surface area contributed by atoms with Gasteiger partial charge in [0.2, 0.25) is 0 Å². The number of nitrogens with zero attached hydrogens (tertiary/aromatic N) is 3. The van der Waals surface area contributed by atoms with E-state index in [2.05, 4.69) is 44.3 Å². The molecule has 1 N–H and O–H groups in total. The smallest absolute Gasteiger partial charge is 0.135 e. The molecule has 6 heteroatoms. The number of pyridine rings is 2. The second-order valence-electron chi connectivity index (χ2n) is 7.82. The lowest BCUT2D eigenvalue weighted by Gasteiger charge is -2.17. The molecule has 0 aromatic carbocycles. The fraction of sp³-hybridized carbons (Fsp3) is 0.478. The van der Waals surface area contributed by atoms with Crippen LogP contribution < -0.4 is 5.32 Å². The summed E-state index contributed by atoms with van der Waals surface area (Å²) in [5.74, 6) is 1.21. The van der Waals surface area contributed by atoms with Gasteiger partial charge in [0.05, 0.1) is 29.4 Å². The van der Waals surface area contributed by atoms with Crippen LogP contribution in [0.5, 0.6) is 0 Å². The second kappa shape index (κ2) is 8.91. The Labute approximate surface area is 172 Å². The van der Waals surface area contributed by atoms with Crippen molar-refractivity contribution in [2.24, 2.45) is 0 Å². The first-order valence-corrected chi connectivity index (χ1v) is 10.2. The summed E-state index contributed by atoms with van der Waals surface area (Å²) >= 11 is 0. The van der Waals surface area contributed by atoms with Gasteiger partial charge in [-0.25, -0.2) is 14.4 Å². The number of methoxy groups -OCH3 is 1. The van der Waals surface area contributed by atoms with Crippen molar-refractivity contribution >= 4 is 16.9 Å². The van der Waals surface area contributed by atoms with E-state index in [1.54, 1.807) is 7.11 Å². The summed E-state index contributed by atoms with van der Waals surface area (Å²) < 4.78 is 20.8. The molecule has 1 atom stereocenters. The van der Waals surface area contributed by atoms with Gasteiger partial charge >= 0.3 is 0 Å². The van der Waals surface area contributed by atoms with E-state index in [0.29, 0.717) is 12.5 Å². The Morgan fingerprint density at radius 2 is 1.93 bits per heavy atom. The van der Waals surface area contributed by atoms with Crippen LogP contribution in [0.1, 0.15) is 49.6 Å². The largest absolute Gasteiger partial charge is 0.382 e. The van der Waals surface area contributed by atoms with E-state index in [4.69, 9.17) is 14.7 Å². The minimum Gasteiger partial charge on any atom is -0.382 e. The van der Waals surface area contributed by atoms with E-state index < -0.39 is 6.67 Å². The molecule has 3 aromatic rings. The zero-order chi connectivity index (χ0) is 21.1. The molecule has 0 aliphatic heterocycles. The molecule has 0 fully saturated rings. The Balaban J connectivity index is 2.17. The van der Waals surface area contributed by atoms with E-state index in [9.17, 15) is 4.39 Å². The predicted molar refractivity (Wildman–Crippen MR) is 118 cm³/mol. The van der Waals surface area contributed by atoms with Gasteiger partial charge in [-0.3, -0.25) is 0 Å². The molecule has 3 aromatic heterocycles. The van der Waals surface area contributed by atoms with Crippen molar-refractivity contribution in [1.82, 2.24) is 14.5 Å². The Morgan fingerprint density at radius 3 is 2.55 bits per heavy atom. The molecule has 1 unspecified atom stereocenters. The zero-order valence-electron chi connectivity index (χ0n) is 18.2. The molecule has 0 radical (unpaired) electrons. The highest BCUT2D eigenvalue weighted by Gasteiger charge is 2.19. The molecule has 0 amide bonds. The molecule has 3 rings (SSSR count). The SMILES string of the molecule is CCNc1nc(C(C)C)ccc1-c1nc2c(C)cn(C(CF)COC)c2cc1C. The maximum absolute atomic E-state index is 13.6. The van der Waals surface area contributed by atoms with Crippen molar-refractivity contribution in [1.29, 1.82) is 0 Å². The van der Waals surface area contributed by atoms with E-state index in [-0.39, 0.29) is 6.04 Å². The predicted octanol–water partition coefficient (Wildman–Crippen LogP) is 5.43. The third-order valence-electron chi connectivity index (χ3n) is 5.22. The lowest BCUT2D eigenvalue weighted by Crippen LogP contribution is -2.16. The van der Waals surface area contributed by atoms with Gasteiger partial charge in [0, 0.05) is 31.1 Å². The first-order valence-electron chi connectivity index (χ1n) is 10.2. The van der Waals surface area contributed by atoms with Crippen molar-refractivity contribution < 1.29 is 9.13 Å². The van der Waals surface area contributed by atoms with Crippen molar-refractivity contribution in [3.63, 3.8) is 0 Å². The fourth-order valence-corrected chi connectivity index (χ4v) is 3.68. The van der Waals surface area contributed by atoms with Gasteiger partial charge in [-0.15, -0.1) is 0 Å². The van der Waals surface area contributed by atoms with Crippen molar-refractivity contribution in [2.45, 2.75) is 46.6 Å². The van der Waals surface area contributed by atoms with Crippen LogP contribution in [0.3, 0.4) is 0 Å². The van der Waals surface area contributed by atoms with E-state index >= 15 is 0 Å². The monoisotopic (exact) mass is 398 g/mol. The van der Waals surface area contributed by atoms with E-state index in [1.165, 1.54) is 0 Å². The van der Waals surface area contributed by atoms with Gasteiger partial charge in [0.25, 0.3) is 0 Å². The zero-order valence-corrected chi connectivity index (χ0v) is 18.2. The second-order valence-corrected chi connectivity index (χ2v) is 7.82. The quantitative estimate of drug-likeness (QED) is 0.550. The van der Waals surface area contributed by atoms with Crippen LogP contribution in [0.25, 0.3) is 22.3 Å². The number of alkyl halides is 1. The number of halogens is 1. The summed E-state index contributed by atoms with van der Waals surface area (Å²) in [5, 5.41) is 3.39. The van der Waals surface area contributed by atoms with Crippen LogP contribution in [-0.4, -0.2) is 41.5 Å². The van der Waals surface area contributed by atoms with Crippen LogP contribution in [0, 0.1) is 13.8 Å². The first kappa shape index (κ1) is 21.2. The highest BCUT2D eigenvalue weighted by Crippen LogP contribution is 2.33. The number of aryl methyl sites for hydroxylation is 2. The third-order valence-corrected chi connectivity index (χ3v) is 5.22. The maximum Gasteiger partial charge on any atom is 0.135 e. The van der Waals surface area contributed by atoms with Crippen LogP contribution in [0.2, 0.25) is 0 Å². The average Bonchev–Trinajstić information content (AvgIpc) is 3.01. The molecule has 156 valence electrons. The molecule has 0 spiro atoms. The number of anilines is 1. The number of fused-ring (bicyclic) bond motifs is 1. The van der Waals surface area contributed by atoms with Gasteiger partial charge in [-0.05, 0) is 56.0 Å². The molecule has 5 nitrogen and oxygen atoms in total. The molecule has 29 heavy (non-hydrogen) atoms. The molecule has 0 aliphatic carbocycles. The highest BCUT2D eigenvalue weighted by atomic mass is 19.1. The number of nitrogens with one attached hydrogen (secondary N) is 1. The molecule has 3 heterocycles. The van der Waals surface area contributed by atoms with E-state index in [1.807, 2.05) is 24.6 Å². The van der Waals surface area contributed by atoms with Crippen LogP contribution >= 0.6 is 0 Å². The lowest BCUT2D eigenvalue weighted by molar-refractivity contribution is 0.142.